The number of carbonyl (C=O) groups excluding carboxylic acids is 1. The number of hydrogen-bond donors (Lipinski definition) is 3. The van der Waals surface area contributed by atoms with Crippen LogP contribution in [0.1, 0.15) is 15.9 Å². The van der Waals surface area contributed by atoms with Gasteiger partial charge in [-0.05, 0) is 36.6 Å². The molecule has 0 saturated heterocycles. The number of phenols is 1. The van der Waals surface area contributed by atoms with Crippen molar-refractivity contribution >= 4 is 38.2 Å². The maximum absolute atomic E-state index is 12.4. The number of rotatable bonds is 4. The number of fused-ring (bicyclic) bond motifs is 1. The monoisotopic (exact) mass is 402 g/mol. The van der Waals surface area contributed by atoms with Gasteiger partial charge in [0.2, 0.25) is 0 Å². The highest BCUT2D eigenvalue weighted by Crippen LogP contribution is 2.31. The zero-order valence-corrected chi connectivity index (χ0v) is 15.2. The maximum atomic E-state index is 12.4. The lowest BCUT2D eigenvalue weighted by Gasteiger charge is -2.09. The molecule has 0 aliphatic heterocycles. The van der Waals surface area contributed by atoms with Gasteiger partial charge < -0.3 is 10.4 Å². The fraction of sp³-hybridized carbons (Fsp3) is 0.0556. The lowest BCUT2D eigenvalue weighted by molar-refractivity contribution is -0.385. The number of hydrogen-bond acceptors (Lipinski definition) is 6. The number of anilines is 1. The zero-order valence-electron chi connectivity index (χ0n) is 14.4. The molecule has 0 saturated carbocycles. The summed E-state index contributed by atoms with van der Waals surface area (Å²) in [5.74, 6) is -0.926. The molecule has 0 aliphatic rings. The summed E-state index contributed by atoms with van der Waals surface area (Å²) in [5.41, 5.74) is 0.503. The Morgan fingerprint density at radius 3 is 2.46 bits per heavy atom. The SMILES string of the molecule is Cc1ccc(C(=O)Nc2cc(O)c3cc(S(=O)(=O)O)ccc3c2)cc1[N+](=O)[O-]. The second-order valence-electron chi connectivity index (χ2n) is 6.07. The van der Waals surface area contributed by atoms with E-state index in [2.05, 4.69) is 5.32 Å². The lowest BCUT2D eigenvalue weighted by atomic mass is 10.1. The molecule has 0 fully saturated rings. The predicted molar refractivity (Wildman–Crippen MR) is 101 cm³/mol. The first-order chi connectivity index (χ1) is 13.1. The smallest absolute Gasteiger partial charge is 0.294 e. The van der Waals surface area contributed by atoms with Crippen LogP contribution in [0.2, 0.25) is 0 Å². The first-order valence-corrected chi connectivity index (χ1v) is 9.31. The third kappa shape index (κ3) is 3.77. The second-order valence-corrected chi connectivity index (χ2v) is 7.49. The summed E-state index contributed by atoms with van der Waals surface area (Å²) >= 11 is 0. The number of nitrogens with one attached hydrogen (secondary N) is 1. The number of aryl methyl sites for hydroxylation is 1. The van der Waals surface area contributed by atoms with Gasteiger partial charge in [0.15, 0.2) is 0 Å². The topological polar surface area (TPSA) is 147 Å². The Bertz CT molecular complexity index is 1240. The number of amides is 1. The van der Waals surface area contributed by atoms with Crippen LogP contribution >= 0.6 is 0 Å². The molecule has 0 unspecified atom stereocenters. The number of aromatic hydroxyl groups is 1. The van der Waals surface area contributed by atoms with E-state index in [1.807, 2.05) is 0 Å². The van der Waals surface area contributed by atoms with Crippen LogP contribution in [0, 0.1) is 17.0 Å². The summed E-state index contributed by atoms with van der Waals surface area (Å²) in [5, 5.41) is 24.3. The van der Waals surface area contributed by atoms with Crippen molar-refractivity contribution in [3.8, 4) is 5.75 Å². The Hall–Kier alpha value is -3.50. The van der Waals surface area contributed by atoms with E-state index in [4.69, 9.17) is 4.55 Å². The minimum Gasteiger partial charge on any atom is -0.507 e. The van der Waals surface area contributed by atoms with Gasteiger partial charge in [-0.2, -0.15) is 8.42 Å². The summed E-state index contributed by atoms with van der Waals surface area (Å²) in [7, 11) is -4.43. The van der Waals surface area contributed by atoms with Gasteiger partial charge in [0, 0.05) is 34.3 Å². The van der Waals surface area contributed by atoms with E-state index >= 15 is 0 Å². The standard InChI is InChI=1S/C18H14N2O7S/c1-10-2-3-12(7-16(10)20(23)24)18(22)19-13-6-11-4-5-14(28(25,26)27)9-15(11)17(21)8-13/h2-9,21H,1H3,(H,19,22)(H,25,26,27). The second kappa shape index (κ2) is 6.91. The van der Waals surface area contributed by atoms with Gasteiger partial charge in [-0.15, -0.1) is 0 Å². The van der Waals surface area contributed by atoms with E-state index in [0.29, 0.717) is 10.9 Å². The van der Waals surface area contributed by atoms with Crippen LogP contribution in [-0.4, -0.2) is 28.9 Å². The molecule has 144 valence electrons. The fourth-order valence-corrected chi connectivity index (χ4v) is 3.21. The van der Waals surface area contributed by atoms with E-state index in [9.17, 15) is 28.4 Å². The third-order valence-corrected chi connectivity index (χ3v) is 4.98. The average molecular weight is 402 g/mol. The van der Waals surface area contributed by atoms with Crippen LogP contribution in [0.4, 0.5) is 11.4 Å². The van der Waals surface area contributed by atoms with E-state index < -0.39 is 20.9 Å². The lowest BCUT2D eigenvalue weighted by Crippen LogP contribution is -2.12. The van der Waals surface area contributed by atoms with Crippen LogP contribution in [0.15, 0.2) is 53.4 Å². The predicted octanol–water partition coefficient (Wildman–Crippen LogP) is 3.26. The first-order valence-electron chi connectivity index (χ1n) is 7.87. The number of nitrogens with zero attached hydrogens (tertiary/aromatic N) is 1. The Kier molecular flexibility index (Phi) is 4.75. The molecule has 0 spiro atoms. The van der Waals surface area contributed by atoms with Crippen LogP contribution in [0.25, 0.3) is 10.8 Å². The quantitative estimate of drug-likeness (QED) is 0.345. The molecule has 3 N–H and O–H groups in total. The third-order valence-electron chi connectivity index (χ3n) is 4.13. The van der Waals surface area contributed by atoms with Crippen LogP contribution in [0.5, 0.6) is 5.75 Å². The Balaban J connectivity index is 1.96. The highest BCUT2D eigenvalue weighted by Gasteiger charge is 2.16. The Morgan fingerprint density at radius 1 is 1.11 bits per heavy atom. The van der Waals surface area contributed by atoms with Gasteiger partial charge in [-0.1, -0.05) is 12.1 Å². The molecule has 10 heteroatoms. The van der Waals surface area contributed by atoms with Crippen molar-refractivity contribution in [3.05, 3.63) is 69.8 Å². The van der Waals surface area contributed by atoms with Crippen molar-refractivity contribution in [1.29, 1.82) is 0 Å². The van der Waals surface area contributed by atoms with E-state index in [0.717, 1.165) is 18.2 Å². The molecule has 0 aliphatic carbocycles. The van der Waals surface area contributed by atoms with Crippen LogP contribution < -0.4 is 5.32 Å². The van der Waals surface area contributed by atoms with E-state index in [1.165, 1.54) is 30.3 Å². The largest absolute Gasteiger partial charge is 0.507 e. The average Bonchev–Trinajstić information content (AvgIpc) is 2.60. The number of carbonyl (C=O) groups is 1. The van der Waals surface area contributed by atoms with Gasteiger partial charge in [-0.25, -0.2) is 0 Å². The van der Waals surface area contributed by atoms with Crippen molar-refractivity contribution < 1.29 is 27.8 Å². The summed E-state index contributed by atoms with van der Waals surface area (Å²) < 4.78 is 31.6. The van der Waals surface area contributed by atoms with Crippen LogP contribution in [0.3, 0.4) is 0 Å². The van der Waals surface area contributed by atoms with Gasteiger partial charge >= 0.3 is 0 Å². The highest BCUT2D eigenvalue weighted by molar-refractivity contribution is 7.85. The molecular weight excluding hydrogens is 388 g/mol. The minimum atomic E-state index is -4.43. The maximum Gasteiger partial charge on any atom is 0.294 e. The van der Waals surface area contributed by atoms with Crippen molar-refractivity contribution in [2.75, 3.05) is 5.32 Å². The number of nitro groups is 1. The molecular formula is C18H14N2O7S. The van der Waals surface area contributed by atoms with Gasteiger partial charge in [0.05, 0.1) is 9.82 Å². The van der Waals surface area contributed by atoms with E-state index in [-0.39, 0.29) is 33.0 Å². The Morgan fingerprint density at radius 2 is 1.82 bits per heavy atom. The molecule has 0 radical (unpaired) electrons. The molecule has 9 nitrogen and oxygen atoms in total. The van der Waals surface area contributed by atoms with Crippen molar-refractivity contribution in [2.45, 2.75) is 11.8 Å². The molecule has 28 heavy (non-hydrogen) atoms. The summed E-state index contributed by atoms with van der Waals surface area (Å²) in [6, 6.07) is 10.4. The molecule has 3 rings (SSSR count). The zero-order chi connectivity index (χ0) is 20.6. The molecule has 3 aromatic carbocycles. The summed E-state index contributed by atoms with van der Waals surface area (Å²) in [4.78, 5) is 22.5. The highest BCUT2D eigenvalue weighted by atomic mass is 32.2. The molecule has 0 bridgehead atoms. The molecule has 1 amide bonds. The van der Waals surface area contributed by atoms with E-state index in [1.54, 1.807) is 6.92 Å². The molecule has 0 heterocycles. The normalized spacial score (nSPS) is 11.4. The fourth-order valence-electron chi connectivity index (χ4n) is 2.70. The van der Waals surface area contributed by atoms with Gasteiger partial charge in [-0.3, -0.25) is 19.5 Å². The Labute approximate surface area is 159 Å². The van der Waals surface area contributed by atoms with Gasteiger partial charge in [0.25, 0.3) is 21.7 Å². The van der Waals surface area contributed by atoms with Crippen LogP contribution in [-0.2, 0) is 10.1 Å². The number of nitro benzene ring substituents is 1. The van der Waals surface area contributed by atoms with Crippen molar-refractivity contribution in [2.24, 2.45) is 0 Å². The number of benzene rings is 3. The molecule has 3 aromatic rings. The number of phenolic OH excluding ortho intramolecular Hbond substituents is 1. The molecule has 0 atom stereocenters. The van der Waals surface area contributed by atoms with Gasteiger partial charge in [0.1, 0.15) is 5.75 Å². The minimum absolute atomic E-state index is 0.0682. The van der Waals surface area contributed by atoms with Crippen molar-refractivity contribution in [1.82, 2.24) is 0 Å². The van der Waals surface area contributed by atoms with Crippen molar-refractivity contribution in [3.63, 3.8) is 0 Å². The molecule has 0 aromatic heterocycles. The summed E-state index contributed by atoms with van der Waals surface area (Å²) in [6.07, 6.45) is 0. The first kappa shape index (κ1) is 19.3. The summed E-state index contributed by atoms with van der Waals surface area (Å²) in [6.45, 7) is 1.56.